The first-order valence-electron chi connectivity index (χ1n) is 15.3. The summed E-state index contributed by atoms with van der Waals surface area (Å²) in [6.07, 6.45) is -4.41. The number of carbonyl (C=O) groups is 1. The zero-order valence-electron chi connectivity index (χ0n) is 26.3. The highest BCUT2D eigenvalue weighted by Gasteiger charge is 2.35. The van der Waals surface area contributed by atoms with Gasteiger partial charge in [-0.1, -0.05) is 18.2 Å². The van der Waals surface area contributed by atoms with E-state index in [9.17, 15) is 23.1 Å². The van der Waals surface area contributed by atoms with Crippen molar-refractivity contribution in [1.29, 1.82) is 0 Å². The van der Waals surface area contributed by atoms with E-state index in [0.717, 1.165) is 27.6 Å². The molecule has 10 nitrogen and oxygen atoms in total. The number of pyridine rings is 1. The van der Waals surface area contributed by atoms with Gasteiger partial charge < -0.3 is 19.3 Å². The number of rotatable bonds is 9. The number of benzene rings is 2. The number of hydrogen-bond acceptors (Lipinski definition) is 10. The molecular weight excluding hydrogens is 635 g/mol. The molecule has 47 heavy (non-hydrogen) atoms. The van der Waals surface area contributed by atoms with Crippen molar-refractivity contribution in [2.45, 2.75) is 65.1 Å². The number of thiophene rings is 1. The predicted octanol–water partition coefficient (Wildman–Crippen LogP) is 6.75. The van der Waals surface area contributed by atoms with Crippen LogP contribution in [0.4, 0.5) is 13.2 Å². The Kier molecular flexibility index (Phi) is 8.99. The van der Waals surface area contributed by atoms with Gasteiger partial charge in [0.15, 0.2) is 5.75 Å². The van der Waals surface area contributed by atoms with Crippen molar-refractivity contribution in [2.24, 2.45) is 7.05 Å². The Labute approximate surface area is 272 Å². The van der Waals surface area contributed by atoms with Crippen LogP contribution in [0.3, 0.4) is 0 Å². The second kappa shape index (κ2) is 13.0. The zero-order valence-corrected chi connectivity index (χ0v) is 27.1. The summed E-state index contributed by atoms with van der Waals surface area (Å²) in [5, 5.41) is 21.1. The van der Waals surface area contributed by atoms with Gasteiger partial charge in [0.2, 0.25) is 5.88 Å². The van der Waals surface area contributed by atoms with Crippen molar-refractivity contribution >= 4 is 38.4 Å². The van der Waals surface area contributed by atoms with Crippen LogP contribution >= 0.6 is 11.3 Å². The Morgan fingerprint density at radius 2 is 2.02 bits per heavy atom. The van der Waals surface area contributed by atoms with E-state index in [1.807, 2.05) is 30.5 Å². The second-order valence-electron chi connectivity index (χ2n) is 11.6. The minimum Gasteiger partial charge on any atom is -0.493 e. The first kappa shape index (κ1) is 32.5. The summed E-state index contributed by atoms with van der Waals surface area (Å²) in [6, 6.07) is 10.5. The first-order valence-corrected chi connectivity index (χ1v) is 16.1. The number of alkyl halides is 3. The van der Waals surface area contributed by atoms with Crippen LogP contribution in [-0.2, 0) is 29.7 Å². The number of halogens is 3. The molecule has 0 saturated carbocycles. The van der Waals surface area contributed by atoms with Gasteiger partial charge in [-0.05, 0) is 77.6 Å². The molecule has 0 fully saturated rings. The van der Waals surface area contributed by atoms with E-state index in [1.54, 1.807) is 31.3 Å². The molecule has 14 heteroatoms. The summed E-state index contributed by atoms with van der Waals surface area (Å²) >= 11 is 1.59. The molecule has 1 aliphatic rings. The topological polar surface area (TPSA) is 112 Å². The van der Waals surface area contributed by atoms with Crippen LogP contribution in [0.25, 0.3) is 21.1 Å². The van der Waals surface area contributed by atoms with Gasteiger partial charge in [0.25, 0.3) is 0 Å². The fourth-order valence-corrected chi connectivity index (χ4v) is 7.14. The summed E-state index contributed by atoms with van der Waals surface area (Å²) in [6.45, 7) is 7.21. The van der Waals surface area contributed by atoms with Crippen LogP contribution in [0.2, 0.25) is 0 Å². The molecule has 6 rings (SSSR count). The summed E-state index contributed by atoms with van der Waals surface area (Å²) in [5.41, 5.74) is 3.73. The van der Waals surface area contributed by atoms with Crippen molar-refractivity contribution in [3.63, 3.8) is 0 Å². The number of ether oxygens (including phenoxy) is 3. The number of nitrogens with zero attached hydrogens (tertiary/aromatic N) is 5. The second-order valence-corrected chi connectivity index (χ2v) is 12.5. The lowest BCUT2D eigenvalue weighted by Crippen LogP contribution is -2.32. The number of carbonyl (C=O) groups excluding carboxylic acids is 1. The molecule has 2 atom stereocenters. The molecule has 0 spiro atoms. The van der Waals surface area contributed by atoms with Gasteiger partial charge in [-0.25, -0.2) is 9.67 Å². The third-order valence-corrected chi connectivity index (χ3v) is 9.37. The fraction of sp³-hybridized carbons (Fsp3) is 0.394. The standard InChI is InChI=1S/C33H34F3N5O5S/c1-5-22-16-41(17-25-26(45-22)7-8-28(42)37-25)15-21-12-20(11-19-9-10-47-32(19)21)24(14-29(43)44-6-2)23-13-27(46-33(34,35)36)31-30(18(23)3)38-39-40(31)4/h7-13,22,24H,5-6,14-17H2,1-4H3,(H,37,42)/t22-,24?/m1/s1. The molecule has 0 aliphatic carbocycles. The number of hydrogen-bond donors (Lipinski definition) is 1. The Bertz CT molecular complexity index is 1940. The lowest BCUT2D eigenvalue weighted by Gasteiger charge is -2.25. The number of aromatic nitrogens is 4. The summed E-state index contributed by atoms with van der Waals surface area (Å²) in [4.78, 5) is 19.6. The lowest BCUT2D eigenvalue weighted by molar-refractivity contribution is -0.274. The van der Waals surface area contributed by atoms with E-state index in [1.165, 1.54) is 23.9 Å². The van der Waals surface area contributed by atoms with E-state index < -0.39 is 24.0 Å². The van der Waals surface area contributed by atoms with Crippen molar-refractivity contribution in [2.75, 3.05) is 13.2 Å². The van der Waals surface area contributed by atoms with E-state index in [4.69, 9.17) is 9.47 Å². The largest absolute Gasteiger partial charge is 0.573 e. The normalized spacial score (nSPS) is 16.1. The maximum atomic E-state index is 13.6. The monoisotopic (exact) mass is 669 g/mol. The van der Waals surface area contributed by atoms with E-state index in [2.05, 4.69) is 24.9 Å². The minimum atomic E-state index is -4.96. The highest BCUT2D eigenvalue weighted by Crippen LogP contribution is 2.41. The van der Waals surface area contributed by atoms with E-state index >= 15 is 0 Å². The van der Waals surface area contributed by atoms with Crippen molar-refractivity contribution < 1.29 is 37.3 Å². The molecule has 4 heterocycles. The van der Waals surface area contributed by atoms with Crippen LogP contribution in [0.1, 0.15) is 60.6 Å². The van der Waals surface area contributed by atoms with Crippen LogP contribution in [0, 0.1) is 6.92 Å². The fourth-order valence-electron chi connectivity index (χ4n) is 6.25. The molecule has 1 N–H and O–H groups in total. The summed E-state index contributed by atoms with van der Waals surface area (Å²) in [7, 11) is 1.50. The van der Waals surface area contributed by atoms with E-state index in [0.29, 0.717) is 42.2 Å². The molecular formula is C33H34F3N5O5S. The Morgan fingerprint density at radius 3 is 2.77 bits per heavy atom. The van der Waals surface area contributed by atoms with E-state index in [-0.39, 0.29) is 36.0 Å². The molecule has 2 aromatic carbocycles. The van der Waals surface area contributed by atoms with Crippen molar-refractivity contribution in [3.8, 4) is 17.4 Å². The molecule has 3 aromatic heterocycles. The average molecular weight is 670 g/mol. The first-order chi connectivity index (χ1) is 22.4. The number of aryl methyl sites for hydroxylation is 2. The van der Waals surface area contributed by atoms with Crippen molar-refractivity contribution in [1.82, 2.24) is 24.9 Å². The third-order valence-electron chi connectivity index (χ3n) is 8.36. The number of aromatic hydroxyl groups is 1. The quantitative estimate of drug-likeness (QED) is 0.170. The number of esters is 1. The van der Waals surface area contributed by atoms with Gasteiger partial charge in [0, 0.05) is 43.4 Å². The van der Waals surface area contributed by atoms with Gasteiger partial charge in [0.05, 0.1) is 13.0 Å². The van der Waals surface area contributed by atoms with Crippen LogP contribution in [0.15, 0.2) is 41.8 Å². The summed E-state index contributed by atoms with van der Waals surface area (Å²) in [5.74, 6) is -1.08. The van der Waals surface area contributed by atoms with Crippen molar-refractivity contribution in [3.05, 3.63) is 69.7 Å². The van der Waals surface area contributed by atoms with Crippen LogP contribution in [0.5, 0.6) is 17.4 Å². The maximum absolute atomic E-state index is 13.6. The minimum absolute atomic E-state index is 0.0870. The third kappa shape index (κ3) is 6.84. The molecule has 1 aliphatic heterocycles. The van der Waals surface area contributed by atoms with Gasteiger partial charge in [-0.2, -0.15) is 0 Å². The molecule has 5 aromatic rings. The summed E-state index contributed by atoms with van der Waals surface area (Å²) < 4.78 is 59.1. The molecule has 0 amide bonds. The molecule has 0 bridgehead atoms. The van der Waals surface area contributed by atoms with Gasteiger partial charge in [-0.15, -0.1) is 29.6 Å². The highest BCUT2D eigenvalue weighted by molar-refractivity contribution is 7.17. The Hall–Kier alpha value is -4.43. The highest BCUT2D eigenvalue weighted by atomic mass is 32.1. The molecule has 248 valence electrons. The van der Waals surface area contributed by atoms with Gasteiger partial charge in [0.1, 0.15) is 28.6 Å². The Morgan fingerprint density at radius 1 is 1.21 bits per heavy atom. The van der Waals surface area contributed by atoms with Gasteiger partial charge >= 0.3 is 12.3 Å². The number of fused-ring (bicyclic) bond motifs is 3. The SMILES string of the molecule is CCOC(=O)CC(c1cc(CN2Cc3nc(O)ccc3O[C@H](CC)C2)c2sccc2c1)c1cc(OC(F)(F)F)c2c(nnn2C)c1C. The Balaban J connectivity index is 1.47. The maximum Gasteiger partial charge on any atom is 0.573 e. The molecule has 0 saturated heterocycles. The van der Waals surface area contributed by atoms with Gasteiger partial charge in [-0.3, -0.25) is 9.69 Å². The average Bonchev–Trinajstić information content (AvgIpc) is 3.60. The molecule has 0 radical (unpaired) electrons. The van der Waals surface area contributed by atoms with Crippen LogP contribution < -0.4 is 9.47 Å². The lowest BCUT2D eigenvalue weighted by atomic mass is 9.84. The van der Waals surface area contributed by atoms with Crippen LogP contribution in [-0.4, -0.2) is 61.6 Å². The zero-order chi connectivity index (χ0) is 33.5. The predicted molar refractivity (Wildman–Crippen MR) is 170 cm³/mol. The smallest absolute Gasteiger partial charge is 0.493 e. The molecule has 1 unspecified atom stereocenters.